The fraction of sp³-hybridized carbons (Fsp3) is 0.227. The lowest BCUT2D eigenvalue weighted by atomic mass is 10.2. The van der Waals surface area contributed by atoms with E-state index in [-0.39, 0.29) is 12.1 Å². The average molecular weight is 363 g/mol. The van der Waals surface area contributed by atoms with E-state index < -0.39 is 0 Å². The number of hydrogen-bond acceptors (Lipinski definition) is 3. The van der Waals surface area contributed by atoms with E-state index in [2.05, 4.69) is 27.7 Å². The van der Waals surface area contributed by atoms with Crippen LogP contribution in [0.4, 0.5) is 16.2 Å². The molecule has 5 nitrogen and oxygen atoms in total. The Bertz CT molecular complexity index is 889. The molecule has 0 aliphatic heterocycles. The topological polar surface area (TPSA) is 57.5 Å². The lowest BCUT2D eigenvalue weighted by molar-refractivity contribution is 0.247. The number of hydrogen-bond donors (Lipinski definition) is 2. The van der Waals surface area contributed by atoms with Crippen molar-refractivity contribution in [3.63, 3.8) is 0 Å². The zero-order valence-corrected chi connectivity index (χ0v) is 15.9. The summed E-state index contributed by atoms with van der Waals surface area (Å²) in [7, 11) is 2.01. The molecule has 140 valence electrons. The SMILES string of the molecule is Cc1ccc(C(C)NC(=O)Nc2ccccc2N(C)Cc2ccccc2)o1. The number of rotatable bonds is 6. The highest BCUT2D eigenvalue weighted by Gasteiger charge is 2.15. The zero-order chi connectivity index (χ0) is 19.2. The van der Waals surface area contributed by atoms with Gasteiger partial charge in [-0.05, 0) is 43.7 Å². The maximum atomic E-state index is 12.5. The number of para-hydroxylation sites is 2. The van der Waals surface area contributed by atoms with Crippen molar-refractivity contribution in [2.75, 3.05) is 17.3 Å². The quantitative estimate of drug-likeness (QED) is 0.640. The van der Waals surface area contributed by atoms with Gasteiger partial charge in [-0.2, -0.15) is 0 Å². The number of amides is 2. The first-order valence-electron chi connectivity index (χ1n) is 9.01. The molecule has 0 fully saturated rings. The van der Waals surface area contributed by atoms with Gasteiger partial charge in [0.05, 0.1) is 17.4 Å². The maximum absolute atomic E-state index is 12.5. The molecular formula is C22H25N3O2. The third-order valence-corrected chi connectivity index (χ3v) is 4.36. The summed E-state index contributed by atoms with van der Waals surface area (Å²) in [6.45, 7) is 4.53. The second kappa shape index (κ2) is 8.45. The van der Waals surface area contributed by atoms with Gasteiger partial charge in [-0.1, -0.05) is 42.5 Å². The van der Waals surface area contributed by atoms with E-state index in [4.69, 9.17) is 4.42 Å². The van der Waals surface area contributed by atoms with Crippen molar-refractivity contribution in [1.29, 1.82) is 0 Å². The van der Waals surface area contributed by atoms with Crippen LogP contribution < -0.4 is 15.5 Å². The van der Waals surface area contributed by atoms with Gasteiger partial charge in [0.2, 0.25) is 0 Å². The lowest BCUT2D eigenvalue weighted by Gasteiger charge is -2.23. The number of nitrogens with zero attached hydrogens (tertiary/aromatic N) is 1. The summed E-state index contributed by atoms with van der Waals surface area (Å²) in [6.07, 6.45) is 0. The van der Waals surface area contributed by atoms with Crippen LogP contribution in [0.3, 0.4) is 0 Å². The van der Waals surface area contributed by atoms with Crippen molar-refractivity contribution in [3.05, 3.63) is 83.8 Å². The normalized spacial score (nSPS) is 11.7. The third-order valence-electron chi connectivity index (χ3n) is 4.36. The number of benzene rings is 2. The molecule has 0 aliphatic rings. The Morgan fingerprint density at radius 3 is 2.44 bits per heavy atom. The van der Waals surface area contributed by atoms with Gasteiger partial charge in [0.1, 0.15) is 11.5 Å². The molecule has 5 heteroatoms. The Labute approximate surface area is 160 Å². The molecule has 0 aliphatic carbocycles. The van der Waals surface area contributed by atoms with Crippen molar-refractivity contribution in [3.8, 4) is 0 Å². The summed E-state index contributed by atoms with van der Waals surface area (Å²) in [5.74, 6) is 1.56. The van der Waals surface area contributed by atoms with Gasteiger partial charge in [0.25, 0.3) is 0 Å². The summed E-state index contributed by atoms with van der Waals surface area (Å²) in [5.41, 5.74) is 2.93. The van der Waals surface area contributed by atoms with Crippen molar-refractivity contribution < 1.29 is 9.21 Å². The summed E-state index contributed by atoms with van der Waals surface area (Å²) in [6, 6.07) is 21.3. The van der Waals surface area contributed by atoms with Gasteiger partial charge >= 0.3 is 6.03 Å². The van der Waals surface area contributed by atoms with Crippen molar-refractivity contribution >= 4 is 17.4 Å². The van der Waals surface area contributed by atoms with Crippen LogP contribution in [0.2, 0.25) is 0 Å². The van der Waals surface area contributed by atoms with Crippen molar-refractivity contribution in [2.45, 2.75) is 26.4 Å². The molecule has 27 heavy (non-hydrogen) atoms. The number of urea groups is 1. The van der Waals surface area contributed by atoms with Crippen LogP contribution in [0.25, 0.3) is 0 Å². The van der Waals surface area contributed by atoms with Crippen LogP contribution in [-0.4, -0.2) is 13.1 Å². The molecule has 1 unspecified atom stereocenters. The number of carbonyl (C=O) groups is 1. The Kier molecular flexibility index (Phi) is 5.81. The molecular weight excluding hydrogens is 338 g/mol. The molecule has 1 aromatic heterocycles. The largest absolute Gasteiger partial charge is 0.464 e. The van der Waals surface area contributed by atoms with Crippen LogP contribution in [0, 0.1) is 6.92 Å². The first-order valence-corrected chi connectivity index (χ1v) is 9.01. The van der Waals surface area contributed by atoms with Gasteiger partial charge in [0.15, 0.2) is 0 Å². The molecule has 1 heterocycles. The number of carbonyl (C=O) groups excluding carboxylic acids is 1. The lowest BCUT2D eigenvalue weighted by Crippen LogP contribution is -2.31. The third kappa shape index (κ3) is 4.91. The van der Waals surface area contributed by atoms with E-state index in [0.717, 1.165) is 29.4 Å². The number of nitrogens with one attached hydrogen (secondary N) is 2. The Balaban J connectivity index is 1.67. The van der Waals surface area contributed by atoms with E-state index in [9.17, 15) is 4.79 Å². The van der Waals surface area contributed by atoms with Crippen molar-refractivity contribution in [1.82, 2.24) is 5.32 Å². The van der Waals surface area contributed by atoms with Crippen LogP contribution >= 0.6 is 0 Å². The second-order valence-corrected chi connectivity index (χ2v) is 6.63. The Morgan fingerprint density at radius 1 is 1.04 bits per heavy atom. The standard InChI is InChI=1S/C22H25N3O2/c1-16-13-14-21(27-16)17(2)23-22(26)24-19-11-7-8-12-20(19)25(3)15-18-9-5-4-6-10-18/h4-14,17H,15H2,1-3H3,(H2,23,24,26). The zero-order valence-electron chi connectivity index (χ0n) is 15.9. The van der Waals surface area contributed by atoms with Gasteiger partial charge in [-0.25, -0.2) is 4.79 Å². The van der Waals surface area contributed by atoms with Gasteiger partial charge < -0.3 is 20.0 Å². The molecule has 2 amide bonds. The van der Waals surface area contributed by atoms with Gasteiger partial charge in [-0.3, -0.25) is 0 Å². The Morgan fingerprint density at radius 2 is 1.74 bits per heavy atom. The minimum Gasteiger partial charge on any atom is -0.464 e. The van der Waals surface area contributed by atoms with Crippen LogP contribution in [0.1, 0.15) is 30.0 Å². The molecule has 0 spiro atoms. The fourth-order valence-electron chi connectivity index (χ4n) is 2.97. The summed E-state index contributed by atoms with van der Waals surface area (Å²) >= 11 is 0. The van der Waals surface area contributed by atoms with Crippen LogP contribution in [0.5, 0.6) is 0 Å². The highest BCUT2D eigenvalue weighted by atomic mass is 16.3. The van der Waals surface area contributed by atoms with E-state index in [1.807, 2.05) is 75.5 Å². The average Bonchev–Trinajstić information content (AvgIpc) is 3.09. The molecule has 0 radical (unpaired) electrons. The van der Waals surface area contributed by atoms with E-state index in [1.165, 1.54) is 5.56 Å². The molecule has 3 rings (SSSR count). The monoisotopic (exact) mass is 363 g/mol. The first kappa shape index (κ1) is 18.6. The van der Waals surface area contributed by atoms with Crippen LogP contribution in [0.15, 0.2) is 71.1 Å². The number of furan rings is 1. The van der Waals surface area contributed by atoms with Gasteiger partial charge in [-0.15, -0.1) is 0 Å². The number of anilines is 2. The number of aryl methyl sites for hydroxylation is 1. The van der Waals surface area contributed by atoms with E-state index >= 15 is 0 Å². The molecule has 2 aromatic carbocycles. The molecule has 0 bridgehead atoms. The van der Waals surface area contributed by atoms with E-state index in [0.29, 0.717) is 0 Å². The predicted molar refractivity (Wildman–Crippen MR) is 109 cm³/mol. The highest BCUT2D eigenvalue weighted by Crippen LogP contribution is 2.26. The molecule has 2 N–H and O–H groups in total. The highest BCUT2D eigenvalue weighted by molar-refractivity contribution is 5.93. The first-order chi connectivity index (χ1) is 13.0. The van der Waals surface area contributed by atoms with E-state index in [1.54, 1.807) is 0 Å². The molecule has 0 saturated carbocycles. The Hall–Kier alpha value is -3.21. The fourth-order valence-corrected chi connectivity index (χ4v) is 2.97. The second-order valence-electron chi connectivity index (χ2n) is 6.63. The summed E-state index contributed by atoms with van der Waals surface area (Å²) in [5, 5.41) is 5.86. The smallest absolute Gasteiger partial charge is 0.319 e. The van der Waals surface area contributed by atoms with Crippen molar-refractivity contribution in [2.24, 2.45) is 0 Å². The summed E-state index contributed by atoms with van der Waals surface area (Å²) < 4.78 is 5.57. The summed E-state index contributed by atoms with van der Waals surface area (Å²) in [4.78, 5) is 14.6. The minimum atomic E-state index is -0.267. The molecule has 0 saturated heterocycles. The molecule has 3 aromatic rings. The predicted octanol–water partition coefficient (Wildman–Crippen LogP) is 5.11. The van der Waals surface area contributed by atoms with Crippen LogP contribution in [-0.2, 0) is 6.54 Å². The maximum Gasteiger partial charge on any atom is 0.319 e. The van der Waals surface area contributed by atoms with Gasteiger partial charge in [0, 0.05) is 13.6 Å². The minimum absolute atomic E-state index is 0.215. The molecule has 1 atom stereocenters.